The SMILES string of the molecule is Cc1cc2c3c(c(C)nc2cc1CCCCN1CCCC1)CCC3. The first-order valence-electron chi connectivity index (χ1n) is 9.86. The predicted octanol–water partition coefficient (Wildman–Crippen LogP) is 4.76. The molecule has 1 aromatic carbocycles. The van der Waals surface area contributed by atoms with E-state index in [1.807, 2.05) is 0 Å². The summed E-state index contributed by atoms with van der Waals surface area (Å²) in [7, 11) is 0. The molecule has 2 heteroatoms. The van der Waals surface area contributed by atoms with Crippen molar-refractivity contribution in [2.75, 3.05) is 19.6 Å². The first kappa shape index (κ1) is 16.1. The molecule has 1 aliphatic carbocycles. The Balaban J connectivity index is 1.49. The van der Waals surface area contributed by atoms with Crippen LogP contribution in [0.2, 0.25) is 0 Å². The second-order valence-corrected chi connectivity index (χ2v) is 7.81. The molecular weight excluding hydrogens is 292 g/mol. The van der Waals surface area contributed by atoms with Crippen molar-refractivity contribution < 1.29 is 0 Å². The molecule has 2 nitrogen and oxygen atoms in total. The molecule has 0 unspecified atom stereocenters. The number of likely N-dealkylation sites (tertiary alicyclic amines) is 1. The number of rotatable bonds is 5. The maximum Gasteiger partial charge on any atom is 0.0711 e. The summed E-state index contributed by atoms with van der Waals surface area (Å²) in [5.41, 5.74) is 8.57. The molecule has 24 heavy (non-hydrogen) atoms. The van der Waals surface area contributed by atoms with Gasteiger partial charge in [0.25, 0.3) is 0 Å². The first-order chi connectivity index (χ1) is 11.7. The van der Waals surface area contributed by atoms with Gasteiger partial charge < -0.3 is 4.90 Å². The highest BCUT2D eigenvalue weighted by Gasteiger charge is 2.18. The molecule has 0 amide bonds. The van der Waals surface area contributed by atoms with Crippen LogP contribution in [0.1, 0.15) is 60.1 Å². The summed E-state index contributed by atoms with van der Waals surface area (Å²) in [6.45, 7) is 8.42. The Morgan fingerprint density at radius 1 is 0.958 bits per heavy atom. The van der Waals surface area contributed by atoms with Crippen molar-refractivity contribution in [3.8, 4) is 0 Å². The van der Waals surface area contributed by atoms with Crippen molar-refractivity contribution in [1.82, 2.24) is 9.88 Å². The lowest BCUT2D eigenvalue weighted by atomic mass is 9.96. The molecule has 2 aromatic rings. The standard InChI is InChI=1S/C22H30N2/c1-16-14-21-20-10-7-9-19(20)17(2)23-22(21)15-18(16)8-3-4-11-24-12-5-6-13-24/h14-15H,3-13H2,1-2H3. The van der Waals surface area contributed by atoms with Gasteiger partial charge in [0.2, 0.25) is 0 Å². The minimum Gasteiger partial charge on any atom is -0.303 e. The van der Waals surface area contributed by atoms with Crippen molar-refractivity contribution >= 4 is 10.9 Å². The van der Waals surface area contributed by atoms with Crippen molar-refractivity contribution in [3.05, 3.63) is 40.1 Å². The van der Waals surface area contributed by atoms with Crippen LogP contribution in [0.4, 0.5) is 0 Å². The number of nitrogens with zero attached hydrogens (tertiary/aromatic N) is 2. The van der Waals surface area contributed by atoms with E-state index in [-0.39, 0.29) is 0 Å². The van der Waals surface area contributed by atoms with Crippen LogP contribution in [0, 0.1) is 13.8 Å². The third kappa shape index (κ3) is 3.09. The lowest BCUT2D eigenvalue weighted by Gasteiger charge is -2.15. The van der Waals surface area contributed by atoms with Crippen LogP contribution in [-0.4, -0.2) is 29.5 Å². The fraction of sp³-hybridized carbons (Fsp3) is 0.591. The molecule has 128 valence electrons. The van der Waals surface area contributed by atoms with E-state index in [0.29, 0.717) is 0 Å². The predicted molar refractivity (Wildman–Crippen MR) is 102 cm³/mol. The Morgan fingerprint density at radius 3 is 2.58 bits per heavy atom. The number of hydrogen-bond donors (Lipinski definition) is 0. The molecule has 1 aromatic heterocycles. The minimum atomic E-state index is 1.20. The van der Waals surface area contributed by atoms with Gasteiger partial charge in [-0.15, -0.1) is 0 Å². The van der Waals surface area contributed by atoms with Crippen LogP contribution in [0.3, 0.4) is 0 Å². The van der Waals surface area contributed by atoms with Gasteiger partial charge in [0.1, 0.15) is 0 Å². The number of aryl methyl sites for hydroxylation is 4. The van der Waals surface area contributed by atoms with Gasteiger partial charge in [-0.3, -0.25) is 4.98 Å². The Hall–Kier alpha value is -1.41. The summed E-state index contributed by atoms with van der Waals surface area (Å²) in [5.74, 6) is 0. The van der Waals surface area contributed by atoms with Gasteiger partial charge >= 0.3 is 0 Å². The summed E-state index contributed by atoms with van der Waals surface area (Å²) in [6, 6.07) is 4.80. The lowest BCUT2D eigenvalue weighted by molar-refractivity contribution is 0.330. The number of unbranched alkanes of at least 4 members (excludes halogenated alkanes) is 1. The van der Waals surface area contributed by atoms with Gasteiger partial charge in [0.05, 0.1) is 5.52 Å². The van der Waals surface area contributed by atoms with Gasteiger partial charge in [0.15, 0.2) is 0 Å². The molecule has 0 N–H and O–H groups in total. The number of aromatic nitrogens is 1. The molecule has 0 atom stereocenters. The Kier molecular flexibility index (Phi) is 4.58. The zero-order valence-corrected chi connectivity index (χ0v) is 15.3. The highest BCUT2D eigenvalue weighted by Crippen LogP contribution is 2.32. The molecule has 0 saturated carbocycles. The van der Waals surface area contributed by atoms with Gasteiger partial charge in [-0.05, 0) is 119 Å². The summed E-state index contributed by atoms with van der Waals surface area (Å²) < 4.78 is 0. The highest BCUT2D eigenvalue weighted by molar-refractivity contribution is 5.85. The largest absolute Gasteiger partial charge is 0.303 e. The summed E-state index contributed by atoms with van der Waals surface area (Å²) in [6.07, 6.45) is 10.4. The Labute approximate surface area is 146 Å². The normalized spacial score (nSPS) is 17.8. The van der Waals surface area contributed by atoms with Crippen molar-refractivity contribution in [1.29, 1.82) is 0 Å². The van der Waals surface area contributed by atoms with E-state index in [0.717, 1.165) is 0 Å². The first-order valence-corrected chi connectivity index (χ1v) is 9.86. The average Bonchev–Trinajstić information content (AvgIpc) is 3.24. The van der Waals surface area contributed by atoms with Crippen LogP contribution in [0.15, 0.2) is 12.1 Å². The average molecular weight is 322 g/mol. The van der Waals surface area contributed by atoms with Gasteiger partial charge in [-0.25, -0.2) is 0 Å². The maximum absolute atomic E-state index is 4.93. The second kappa shape index (κ2) is 6.84. The maximum atomic E-state index is 4.93. The van der Waals surface area contributed by atoms with Gasteiger partial charge in [-0.2, -0.15) is 0 Å². The van der Waals surface area contributed by atoms with Crippen LogP contribution >= 0.6 is 0 Å². The molecule has 1 aliphatic heterocycles. The Bertz CT molecular complexity index is 741. The smallest absolute Gasteiger partial charge is 0.0711 e. The van der Waals surface area contributed by atoms with E-state index in [1.54, 1.807) is 5.56 Å². The molecule has 2 heterocycles. The third-order valence-corrected chi connectivity index (χ3v) is 6.09. The van der Waals surface area contributed by atoms with Gasteiger partial charge in [0, 0.05) is 11.1 Å². The number of hydrogen-bond acceptors (Lipinski definition) is 2. The van der Waals surface area contributed by atoms with Gasteiger partial charge in [-0.1, -0.05) is 0 Å². The topological polar surface area (TPSA) is 16.1 Å². The molecule has 0 bridgehead atoms. The van der Waals surface area contributed by atoms with Crippen molar-refractivity contribution in [2.45, 2.75) is 65.2 Å². The van der Waals surface area contributed by atoms with Crippen LogP contribution < -0.4 is 0 Å². The van der Waals surface area contributed by atoms with E-state index < -0.39 is 0 Å². The summed E-state index contributed by atoms with van der Waals surface area (Å²) in [5, 5.41) is 1.42. The molecule has 4 rings (SSSR count). The van der Waals surface area contributed by atoms with Crippen LogP contribution in [0.25, 0.3) is 10.9 Å². The number of benzene rings is 1. The number of pyridine rings is 1. The third-order valence-electron chi connectivity index (χ3n) is 6.09. The lowest BCUT2D eigenvalue weighted by Crippen LogP contribution is -2.20. The second-order valence-electron chi connectivity index (χ2n) is 7.81. The molecular formula is C22H30N2. The minimum absolute atomic E-state index is 1.20. The molecule has 0 radical (unpaired) electrons. The van der Waals surface area contributed by atoms with E-state index in [9.17, 15) is 0 Å². The van der Waals surface area contributed by atoms with Crippen LogP contribution in [0.5, 0.6) is 0 Å². The molecule has 1 fully saturated rings. The van der Waals surface area contributed by atoms with E-state index in [1.165, 1.54) is 104 Å². The van der Waals surface area contributed by atoms with E-state index in [4.69, 9.17) is 4.98 Å². The fourth-order valence-corrected chi connectivity index (χ4v) is 4.69. The zero-order chi connectivity index (χ0) is 16.5. The van der Waals surface area contributed by atoms with E-state index >= 15 is 0 Å². The zero-order valence-electron chi connectivity index (χ0n) is 15.3. The quantitative estimate of drug-likeness (QED) is 0.738. The van der Waals surface area contributed by atoms with Crippen molar-refractivity contribution in [3.63, 3.8) is 0 Å². The van der Waals surface area contributed by atoms with Crippen LogP contribution in [-0.2, 0) is 19.3 Å². The number of fused-ring (bicyclic) bond motifs is 3. The summed E-state index contributed by atoms with van der Waals surface area (Å²) >= 11 is 0. The summed E-state index contributed by atoms with van der Waals surface area (Å²) in [4.78, 5) is 7.56. The Morgan fingerprint density at radius 2 is 1.75 bits per heavy atom. The molecule has 1 saturated heterocycles. The monoisotopic (exact) mass is 322 g/mol. The molecule has 2 aliphatic rings. The van der Waals surface area contributed by atoms with E-state index in [2.05, 4.69) is 30.9 Å². The highest BCUT2D eigenvalue weighted by atomic mass is 15.1. The molecule has 0 spiro atoms. The van der Waals surface area contributed by atoms with Crippen molar-refractivity contribution in [2.24, 2.45) is 0 Å². The fourth-order valence-electron chi connectivity index (χ4n) is 4.69.